The summed E-state index contributed by atoms with van der Waals surface area (Å²) in [7, 11) is 0. The minimum absolute atomic E-state index is 0.0457. The zero-order valence-electron chi connectivity index (χ0n) is 17.2. The molecule has 3 nitrogen and oxygen atoms in total. The maximum Gasteiger partial charge on any atom is 0.117 e. The summed E-state index contributed by atoms with van der Waals surface area (Å²) in [5.41, 5.74) is 2.22. The third-order valence-electron chi connectivity index (χ3n) is 6.00. The van der Waals surface area contributed by atoms with Crippen LogP contribution in [-0.4, -0.2) is 28.8 Å². The number of hydrogen-bond acceptors (Lipinski definition) is 5. The molecule has 1 aliphatic heterocycles. The lowest BCUT2D eigenvalue weighted by molar-refractivity contribution is -0.0387. The highest BCUT2D eigenvalue weighted by atomic mass is 32.1. The summed E-state index contributed by atoms with van der Waals surface area (Å²) in [4.78, 5) is 2.44. The molecule has 0 spiro atoms. The van der Waals surface area contributed by atoms with Crippen LogP contribution in [0.4, 0.5) is 0 Å². The van der Waals surface area contributed by atoms with Gasteiger partial charge in [0.15, 0.2) is 0 Å². The molecule has 3 atom stereocenters. The topological polar surface area (TPSA) is 32.7 Å². The van der Waals surface area contributed by atoms with E-state index < -0.39 is 5.60 Å². The minimum atomic E-state index is -0.966. The normalized spacial score (nSPS) is 23.1. The summed E-state index contributed by atoms with van der Waals surface area (Å²) < 4.78 is 6.53. The van der Waals surface area contributed by atoms with Crippen molar-refractivity contribution in [1.82, 2.24) is 4.90 Å². The average Bonchev–Trinajstić information content (AvgIpc) is 3.48. The fourth-order valence-corrected chi connectivity index (χ4v) is 5.81. The third-order valence-corrected chi connectivity index (χ3v) is 7.37. The van der Waals surface area contributed by atoms with E-state index in [0.717, 1.165) is 17.7 Å². The van der Waals surface area contributed by atoms with Gasteiger partial charge in [-0.3, -0.25) is 4.90 Å². The number of thiophene rings is 2. The third kappa shape index (κ3) is 4.07. The van der Waals surface area contributed by atoms with Gasteiger partial charge in [-0.15, -0.1) is 0 Å². The Morgan fingerprint density at radius 1 is 1.03 bits per heavy atom. The summed E-state index contributed by atoms with van der Waals surface area (Å²) in [5.74, 6) is 0.376. The molecule has 4 rings (SSSR count). The number of nitrogens with zero attached hydrogens (tertiary/aromatic N) is 1. The maximum absolute atomic E-state index is 11.7. The van der Waals surface area contributed by atoms with E-state index in [2.05, 4.69) is 60.7 Å². The van der Waals surface area contributed by atoms with Gasteiger partial charge in [0.2, 0.25) is 0 Å². The molecule has 0 aliphatic carbocycles. The molecule has 2 aromatic heterocycles. The average molecular weight is 428 g/mol. The van der Waals surface area contributed by atoms with E-state index >= 15 is 0 Å². The van der Waals surface area contributed by atoms with Gasteiger partial charge in [0.05, 0.1) is 6.10 Å². The second-order valence-corrected chi connectivity index (χ2v) is 9.77. The van der Waals surface area contributed by atoms with Crippen LogP contribution in [0.1, 0.15) is 50.0 Å². The van der Waals surface area contributed by atoms with Gasteiger partial charge in [0, 0.05) is 12.6 Å². The lowest BCUT2D eigenvalue weighted by Crippen LogP contribution is -2.42. The molecule has 1 fully saturated rings. The molecule has 3 aromatic rings. The van der Waals surface area contributed by atoms with E-state index in [-0.39, 0.29) is 18.4 Å². The fraction of sp³-hybridized carbons (Fsp3) is 0.417. The largest absolute Gasteiger partial charge is 0.380 e. The first-order chi connectivity index (χ1) is 14.0. The Hall–Kier alpha value is -1.50. The first kappa shape index (κ1) is 20.8. The highest BCUT2D eigenvalue weighted by molar-refractivity contribution is 7.08. The summed E-state index contributed by atoms with van der Waals surface area (Å²) >= 11 is 3.26. The van der Waals surface area contributed by atoms with Crippen molar-refractivity contribution in [2.24, 2.45) is 5.92 Å². The first-order valence-electron chi connectivity index (χ1n) is 10.2. The molecule has 5 heteroatoms. The Balaban J connectivity index is 1.58. The standard InChI is InChI=1S/C24H29NO2S2/c1-17(2)23-25(18(3)22(27-23)19-7-5-4-6-8-19)12-11-24(26,20-9-13-28-15-20)21-10-14-29-16-21/h4-10,13-18,22-23,26H,11-12H2,1-3H3. The summed E-state index contributed by atoms with van der Waals surface area (Å²) in [6, 6.07) is 14.8. The molecule has 3 heterocycles. The molecule has 3 unspecified atom stereocenters. The first-order valence-corrected chi connectivity index (χ1v) is 12.1. The molecular weight excluding hydrogens is 398 g/mol. The quantitative estimate of drug-likeness (QED) is 0.511. The Morgan fingerprint density at radius 3 is 2.17 bits per heavy atom. The number of rotatable bonds is 7. The maximum atomic E-state index is 11.7. The van der Waals surface area contributed by atoms with E-state index in [4.69, 9.17) is 4.74 Å². The van der Waals surface area contributed by atoms with Gasteiger partial charge < -0.3 is 9.84 Å². The number of benzene rings is 1. The van der Waals surface area contributed by atoms with E-state index in [1.165, 1.54) is 5.56 Å². The van der Waals surface area contributed by atoms with Crippen LogP contribution in [0.2, 0.25) is 0 Å². The summed E-state index contributed by atoms with van der Waals surface area (Å²) in [5, 5.41) is 19.9. The van der Waals surface area contributed by atoms with Crippen LogP contribution in [-0.2, 0) is 10.3 Å². The Bertz CT molecular complexity index is 843. The van der Waals surface area contributed by atoms with Gasteiger partial charge in [0.1, 0.15) is 11.8 Å². The fourth-order valence-electron chi connectivity index (χ4n) is 4.36. The van der Waals surface area contributed by atoms with E-state index in [0.29, 0.717) is 12.3 Å². The van der Waals surface area contributed by atoms with Gasteiger partial charge in [-0.2, -0.15) is 22.7 Å². The van der Waals surface area contributed by atoms with Crippen molar-refractivity contribution in [2.45, 2.75) is 51.2 Å². The Kier molecular flexibility index (Phi) is 6.23. The van der Waals surface area contributed by atoms with Crippen LogP contribution in [0.5, 0.6) is 0 Å². The lowest BCUT2D eigenvalue weighted by atomic mass is 9.86. The zero-order valence-corrected chi connectivity index (χ0v) is 18.8. The molecule has 1 N–H and O–H groups in total. The number of aliphatic hydroxyl groups is 1. The SMILES string of the molecule is CC(C)C1OC(c2ccccc2)C(C)N1CCC(O)(c1ccsc1)c1ccsc1. The molecular formula is C24H29NO2S2. The van der Waals surface area contributed by atoms with Crippen LogP contribution in [0, 0.1) is 5.92 Å². The van der Waals surface area contributed by atoms with Crippen molar-refractivity contribution in [3.8, 4) is 0 Å². The monoisotopic (exact) mass is 427 g/mol. The highest BCUT2D eigenvalue weighted by Gasteiger charge is 2.43. The smallest absolute Gasteiger partial charge is 0.117 e. The molecule has 0 amide bonds. The molecule has 0 bridgehead atoms. The molecule has 1 saturated heterocycles. The molecule has 154 valence electrons. The van der Waals surface area contributed by atoms with Gasteiger partial charge in [0.25, 0.3) is 0 Å². The van der Waals surface area contributed by atoms with Crippen molar-refractivity contribution in [2.75, 3.05) is 6.54 Å². The van der Waals surface area contributed by atoms with Crippen LogP contribution >= 0.6 is 22.7 Å². The van der Waals surface area contributed by atoms with E-state index in [1.807, 2.05) is 29.0 Å². The van der Waals surface area contributed by atoms with Gasteiger partial charge >= 0.3 is 0 Å². The van der Waals surface area contributed by atoms with Crippen molar-refractivity contribution in [3.63, 3.8) is 0 Å². The molecule has 1 aromatic carbocycles. The van der Waals surface area contributed by atoms with Crippen molar-refractivity contribution >= 4 is 22.7 Å². The zero-order chi connectivity index (χ0) is 20.4. The van der Waals surface area contributed by atoms with Gasteiger partial charge in [-0.25, -0.2) is 0 Å². The highest BCUT2D eigenvalue weighted by Crippen LogP contribution is 2.40. The molecule has 0 saturated carbocycles. The van der Waals surface area contributed by atoms with Crippen LogP contribution in [0.3, 0.4) is 0 Å². The number of ether oxygens (including phenoxy) is 1. The van der Waals surface area contributed by atoms with Crippen LogP contribution in [0.25, 0.3) is 0 Å². The Morgan fingerprint density at radius 2 is 1.66 bits per heavy atom. The Labute approximate surface area is 181 Å². The predicted molar refractivity (Wildman–Crippen MR) is 121 cm³/mol. The number of hydrogen-bond donors (Lipinski definition) is 1. The van der Waals surface area contributed by atoms with E-state index in [9.17, 15) is 5.11 Å². The molecule has 1 aliphatic rings. The molecule has 0 radical (unpaired) electrons. The van der Waals surface area contributed by atoms with Crippen LogP contribution < -0.4 is 0 Å². The summed E-state index contributed by atoms with van der Waals surface area (Å²) in [6.45, 7) is 7.44. The van der Waals surface area contributed by atoms with Gasteiger partial charge in [-0.05, 0) is 69.6 Å². The lowest BCUT2D eigenvalue weighted by Gasteiger charge is -2.34. The van der Waals surface area contributed by atoms with Gasteiger partial charge in [-0.1, -0.05) is 44.2 Å². The molecule has 29 heavy (non-hydrogen) atoms. The van der Waals surface area contributed by atoms with Crippen molar-refractivity contribution < 1.29 is 9.84 Å². The predicted octanol–water partition coefficient (Wildman–Crippen LogP) is 5.88. The van der Waals surface area contributed by atoms with E-state index in [1.54, 1.807) is 22.7 Å². The van der Waals surface area contributed by atoms with Crippen molar-refractivity contribution in [1.29, 1.82) is 0 Å². The van der Waals surface area contributed by atoms with Crippen molar-refractivity contribution in [3.05, 3.63) is 80.7 Å². The van der Waals surface area contributed by atoms with Crippen LogP contribution in [0.15, 0.2) is 64.0 Å². The second-order valence-electron chi connectivity index (χ2n) is 8.21. The summed E-state index contributed by atoms with van der Waals surface area (Å²) in [6.07, 6.45) is 0.738. The minimum Gasteiger partial charge on any atom is -0.380 e. The second kappa shape index (κ2) is 8.70.